The van der Waals surface area contributed by atoms with Gasteiger partial charge in [0.15, 0.2) is 46.0 Å². The molecule has 408 valence electrons. The van der Waals surface area contributed by atoms with Gasteiger partial charge < -0.3 is 57.5 Å². The van der Waals surface area contributed by atoms with Crippen molar-refractivity contribution in [3.63, 3.8) is 0 Å². The zero-order valence-corrected chi connectivity index (χ0v) is 55.3. The molecule has 0 saturated heterocycles. The van der Waals surface area contributed by atoms with Crippen molar-refractivity contribution in [1.29, 1.82) is 0 Å². The summed E-state index contributed by atoms with van der Waals surface area (Å²) in [6.45, 7) is 5.19. The first-order valence-corrected chi connectivity index (χ1v) is 42.5. The zero-order chi connectivity index (χ0) is 53.2. The molecule has 0 saturated carbocycles. The third kappa shape index (κ3) is 16.8. The number of rotatable bonds is 20. The molecule has 2 atom stereocenters. The molecule has 2 heterocycles. The fourth-order valence-electron chi connectivity index (χ4n) is 9.68. The molecule has 0 aromatic heterocycles. The Bertz CT molecular complexity index is 2390. The second kappa shape index (κ2) is 32.5. The van der Waals surface area contributed by atoms with Crippen molar-refractivity contribution in [2.75, 3.05) is 110 Å². The van der Waals surface area contributed by atoms with E-state index in [1.54, 1.807) is 56.9 Å². The standard InChI is InChI=1S/2C27H34N2O5.ClH.I3.I2/c2*1-28(17-21-11-20-14-25(33-4)26(34-5)16-22(20)21)8-6-9-29-10-7-18-12-23(31-2)24(32-3)13-19(18)15-27(29)30;;1-3-2;1-2/h2*7,10,12-14,16,21H,6,8-9,11,15,17H2,1-5H3;1H;;/q;;;-1;/t2*21-;;;/m11.../s1. The Balaban J connectivity index is 0.000000291. The Morgan fingerprint density at radius 1 is 0.500 bits per heavy atom. The number of hydrogen-bond acceptors (Lipinski definition) is 12. The average Bonchev–Trinajstić information content (AvgIpc) is 3.65. The molecular weight excluding hydrogens is 1530 g/mol. The van der Waals surface area contributed by atoms with Gasteiger partial charge in [-0.1, -0.05) is 0 Å². The summed E-state index contributed by atoms with van der Waals surface area (Å²) >= 11 is 9.54. The Morgan fingerprint density at radius 3 is 1.09 bits per heavy atom. The van der Waals surface area contributed by atoms with Crippen LogP contribution >= 0.6 is 86.9 Å². The zero-order valence-electron chi connectivity index (χ0n) is 43.7. The molecule has 0 N–H and O–H groups in total. The van der Waals surface area contributed by atoms with E-state index in [0.29, 0.717) is 74.0 Å². The normalized spacial score (nSPS) is 15.5. The van der Waals surface area contributed by atoms with Crippen molar-refractivity contribution in [2.45, 2.75) is 50.4 Å². The Kier molecular flexibility index (Phi) is 28.1. The first kappa shape index (κ1) is 64.1. The van der Waals surface area contributed by atoms with Gasteiger partial charge in [0.2, 0.25) is 11.8 Å². The molecule has 4 aromatic rings. The molecule has 8 rings (SSSR count). The number of nitrogens with zero attached hydrogens (tertiary/aromatic N) is 4. The van der Waals surface area contributed by atoms with Crippen molar-refractivity contribution in [2.24, 2.45) is 0 Å². The monoisotopic (exact) mass is 1600 g/mol. The first-order valence-electron chi connectivity index (χ1n) is 23.7. The Morgan fingerprint density at radius 2 is 0.784 bits per heavy atom. The van der Waals surface area contributed by atoms with Gasteiger partial charge in [0.1, 0.15) is 0 Å². The molecule has 2 aliphatic carbocycles. The summed E-state index contributed by atoms with van der Waals surface area (Å²) in [5, 5.41) is 0. The maximum atomic E-state index is 12.9. The molecule has 0 unspecified atom stereocenters. The summed E-state index contributed by atoms with van der Waals surface area (Å²) in [5.41, 5.74) is 9.25. The third-order valence-corrected chi connectivity index (χ3v) is 13.5. The quantitative estimate of drug-likeness (QED) is 0.0791. The van der Waals surface area contributed by atoms with Crippen molar-refractivity contribution in [1.82, 2.24) is 19.6 Å². The number of carbonyl (C=O) groups is 2. The number of carbonyl (C=O) groups excluding carboxylic acids is 2. The number of halogens is 6. The molecule has 0 spiro atoms. The molecular formula is C54H69ClI5N4O10-. The molecule has 4 aliphatic rings. The minimum atomic E-state index is 0. The number of methoxy groups -OCH3 is 8. The van der Waals surface area contributed by atoms with E-state index in [1.807, 2.05) is 58.6 Å². The van der Waals surface area contributed by atoms with Crippen LogP contribution in [-0.4, -0.2) is 142 Å². The summed E-state index contributed by atoms with van der Waals surface area (Å²) in [6, 6.07) is 16.0. The van der Waals surface area contributed by atoms with E-state index >= 15 is 0 Å². The van der Waals surface area contributed by atoms with Crippen LogP contribution in [-0.2, 0) is 35.3 Å². The number of hydrogen-bond donors (Lipinski definition) is 0. The summed E-state index contributed by atoms with van der Waals surface area (Å²) < 4.78 is 43.3. The van der Waals surface area contributed by atoms with Crippen LogP contribution < -0.4 is 51.2 Å². The van der Waals surface area contributed by atoms with Gasteiger partial charge in [-0.15, -0.1) is 12.4 Å². The number of fused-ring (bicyclic) bond motifs is 4. The summed E-state index contributed by atoms with van der Waals surface area (Å²) in [6.07, 6.45) is 12.4. The molecule has 14 nitrogen and oxygen atoms in total. The predicted molar refractivity (Wildman–Crippen MR) is 328 cm³/mol. The van der Waals surface area contributed by atoms with Gasteiger partial charge in [-0.3, -0.25) is 9.59 Å². The number of ether oxygens (including phenoxy) is 8. The molecule has 20 heteroatoms. The van der Waals surface area contributed by atoms with Crippen LogP contribution in [0.4, 0.5) is 0 Å². The van der Waals surface area contributed by atoms with Crippen LogP contribution in [0, 0.1) is 0 Å². The van der Waals surface area contributed by atoms with E-state index in [1.165, 1.54) is 22.3 Å². The van der Waals surface area contributed by atoms with Gasteiger partial charge in [-0.25, -0.2) is 0 Å². The van der Waals surface area contributed by atoms with E-state index in [4.69, 9.17) is 37.9 Å². The summed E-state index contributed by atoms with van der Waals surface area (Å²) in [4.78, 5) is 34.1. The van der Waals surface area contributed by atoms with E-state index in [2.05, 4.69) is 123 Å². The molecule has 0 bridgehead atoms. The SMILES string of the molecule is COc1cc2c(cc1OC)CC(=O)N(CCCN(C)C[C@H]1Cc3cc(OC)c(OC)cc31)C=C2.COc1cc2c(cc1OC)CC(=O)N(CCCN(C)C[C@H]1Cc3cc(OC)c(OC)cc31)C=C2.Cl.II.I[I-]I. The second-order valence-corrected chi connectivity index (χ2v) is 34.1. The van der Waals surface area contributed by atoms with Crippen molar-refractivity contribution < 1.29 is 60.7 Å². The van der Waals surface area contributed by atoms with E-state index in [9.17, 15) is 9.59 Å². The summed E-state index contributed by atoms with van der Waals surface area (Å²) in [7, 11) is 17.4. The van der Waals surface area contributed by atoms with Crippen LogP contribution in [0.15, 0.2) is 60.9 Å². The maximum absolute atomic E-state index is 12.9. The van der Waals surface area contributed by atoms with Crippen LogP contribution in [0.25, 0.3) is 12.2 Å². The van der Waals surface area contributed by atoms with Crippen LogP contribution in [0.5, 0.6) is 46.0 Å². The summed E-state index contributed by atoms with van der Waals surface area (Å²) in [5.74, 6) is 6.98. The fourth-order valence-corrected chi connectivity index (χ4v) is 9.68. The predicted octanol–water partition coefficient (Wildman–Crippen LogP) is 8.45. The molecule has 74 heavy (non-hydrogen) atoms. The Labute approximate surface area is 497 Å². The topological polar surface area (TPSA) is 121 Å². The Hall–Kier alpha value is -2.44. The molecule has 0 radical (unpaired) electrons. The fraction of sp³-hybridized carbons (Fsp3) is 0.444. The number of likely N-dealkylation sites (N-methyl/N-ethyl adjacent to an activating group) is 2. The van der Waals surface area contributed by atoms with Crippen LogP contribution in [0.3, 0.4) is 0 Å². The van der Waals surface area contributed by atoms with Crippen molar-refractivity contribution in [3.8, 4) is 46.0 Å². The van der Waals surface area contributed by atoms with E-state index in [0.717, 1.165) is 97.1 Å². The molecule has 2 aliphatic heterocycles. The molecule has 4 aromatic carbocycles. The van der Waals surface area contributed by atoms with Crippen LogP contribution in [0.2, 0.25) is 0 Å². The van der Waals surface area contributed by atoms with Gasteiger partial charge in [0.25, 0.3) is 0 Å². The van der Waals surface area contributed by atoms with Crippen molar-refractivity contribution >= 4 is 111 Å². The number of amides is 2. The molecule has 0 fully saturated rings. The van der Waals surface area contributed by atoms with Gasteiger partial charge in [0.05, 0.1) is 69.7 Å². The second-order valence-electron chi connectivity index (χ2n) is 17.9. The first-order chi connectivity index (χ1) is 35.3. The van der Waals surface area contributed by atoms with Gasteiger partial charge in [0, 0.05) is 87.6 Å². The van der Waals surface area contributed by atoms with Crippen LogP contribution in [0.1, 0.15) is 69.2 Å². The van der Waals surface area contributed by atoms with Gasteiger partial charge >= 0.3 is 50.5 Å². The minimum absolute atomic E-state index is 0. The van der Waals surface area contributed by atoms with Gasteiger partial charge in [-0.05, 0) is 158 Å². The van der Waals surface area contributed by atoms with E-state index in [-0.39, 0.29) is 24.2 Å². The van der Waals surface area contributed by atoms with Crippen molar-refractivity contribution in [3.05, 3.63) is 105 Å². The molecule has 2 amide bonds. The third-order valence-electron chi connectivity index (χ3n) is 13.5. The average molecular weight is 1600 g/mol. The van der Waals surface area contributed by atoms with Gasteiger partial charge in [-0.2, -0.15) is 0 Å². The van der Waals surface area contributed by atoms with E-state index < -0.39 is 0 Å². The number of benzene rings is 4.